The first-order valence-electron chi connectivity index (χ1n) is 14.4. The quantitative estimate of drug-likeness (QED) is 0.342. The lowest BCUT2D eigenvalue weighted by Gasteiger charge is -2.26. The molecule has 0 atom stereocenters. The van der Waals surface area contributed by atoms with Crippen LogP contribution in [0.25, 0.3) is 0 Å². The van der Waals surface area contributed by atoms with Gasteiger partial charge in [0, 0.05) is 0 Å². The van der Waals surface area contributed by atoms with Crippen molar-refractivity contribution in [3.8, 4) is 0 Å². The molecule has 0 saturated heterocycles. The van der Waals surface area contributed by atoms with Gasteiger partial charge in [0.25, 0.3) is 0 Å². The van der Waals surface area contributed by atoms with Gasteiger partial charge in [0.2, 0.25) is 0 Å². The summed E-state index contributed by atoms with van der Waals surface area (Å²) in [5.74, 6) is 1.52. The molecular weight excluding hydrogens is 440 g/mol. The van der Waals surface area contributed by atoms with Crippen molar-refractivity contribution in [3.63, 3.8) is 0 Å². The SMILES string of the molecule is c1ccc([SH](c2ccc(C3CCCCCCC3)cc2)c2ccc(C3CCCCCCC3)cc2)cc1. The lowest BCUT2D eigenvalue weighted by molar-refractivity contribution is 0.455. The molecule has 0 nitrogen and oxygen atoms in total. The van der Waals surface area contributed by atoms with E-state index in [1.54, 1.807) is 11.1 Å². The van der Waals surface area contributed by atoms with Gasteiger partial charge in [0.1, 0.15) is 0 Å². The molecule has 186 valence electrons. The third-order valence-corrected chi connectivity index (χ3v) is 10.9. The van der Waals surface area contributed by atoms with E-state index in [9.17, 15) is 0 Å². The number of hydrogen-bond acceptors (Lipinski definition) is 0. The standard InChI is InChI=1S/C34H44S/c1-3-8-14-28(15-9-4-1)30-20-24-33(25-21-30)35(32-18-12-7-13-19-32)34-26-22-31(23-27-34)29-16-10-5-2-6-11-17-29/h7,12-13,18-29,35H,1-6,8-11,14-17H2. The van der Waals surface area contributed by atoms with E-state index in [0.717, 1.165) is 11.8 Å². The summed E-state index contributed by atoms with van der Waals surface area (Å²) in [5, 5.41) is 0. The van der Waals surface area contributed by atoms with Gasteiger partial charge in [-0.2, -0.15) is 10.9 Å². The molecule has 5 rings (SSSR count). The number of rotatable bonds is 5. The molecule has 0 radical (unpaired) electrons. The Morgan fingerprint density at radius 3 is 1.11 bits per heavy atom. The van der Waals surface area contributed by atoms with Crippen LogP contribution in [-0.4, -0.2) is 0 Å². The van der Waals surface area contributed by atoms with E-state index in [-0.39, 0.29) is 0 Å². The highest BCUT2D eigenvalue weighted by Crippen LogP contribution is 2.51. The van der Waals surface area contributed by atoms with E-state index in [1.807, 2.05) is 0 Å². The molecule has 0 aliphatic heterocycles. The summed E-state index contributed by atoms with van der Waals surface area (Å²) >= 11 is 0. The highest BCUT2D eigenvalue weighted by molar-refractivity contribution is 8.17. The molecule has 0 unspecified atom stereocenters. The van der Waals surface area contributed by atoms with Gasteiger partial charge in [-0.1, -0.05) is 107 Å². The van der Waals surface area contributed by atoms with Gasteiger partial charge < -0.3 is 0 Å². The smallest absolute Gasteiger partial charge is 0.00450 e. The van der Waals surface area contributed by atoms with Gasteiger partial charge in [0.15, 0.2) is 0 Å². The van der Waals surface area contributed by atoms with E-state index in [0.29, 0.717) is 0 Å². The highest BCUT2D eigenvalue weighted by atomic mass is 32.2. The molecule has 3 aromatic rings. The maximum atomic E-state index is 2.46. The summed E-state index contributed by atoms with van der Waals surface area (Å²) in [6, 6.07) is 30.9. The molecule has 0 heterocycles. The summed E-state index contributed by atoms with van der Waals surface area (Å²) in [6.45, 7) is 0. The van der Waals surface area contributed by atoms with Gasteiger partial charge in [-0.25, -0.2) is 0 Å². The van der Waals surface area contributed by atoms with Crippen LogP contribution in [0.2, 0.25) is 0 Å². The first-order chi connectivity index (χ1) is 17.4. The Balaban J connectivity index is 1.39. The van der Waals surface area contributed by atoms with Gasteiger partial charge >= 0.3 is 0 Å². The number of thiol groups is 1. The lowest BCUT2D eigenvalue weighted by Crippen LogP contribution is -2.03. The van der Waals surface area contributed by atoms with Crippen LogP contribution in [0.3, 0.4) is 0 Å². The normalized spacial score (nSPS) is 19.3. The van der Waals surface area contributed by atoms with Crippen molar-refractivity contribution in [2.45, 2.75) is 116 Å². The molecule has 2 fully saturated rings. The monoisotopic (exact) mass is 484 g/mol. The van der Waals surface area contributed by atoms with Crippen LogP contribution in [0.15, 0.2) is 93.5 Å². The summed E-state index contributed by atoms with van der Waals surface area (Å²) in [7, 11) is -0.525. The van der Waals surface area contributed by atoms with E-state index in [1.165, 1.54) is 105 Å². The van der Waals surface area contributed by atoms with Gasteiger partial charge in [-0.05, 0) is 99.7 Å². The molecule has 2 saturated carbocycles. The van der Waals surface area contributed by atoms with E-state index in [4.69, 9.17) is 0 Å². The van der Waals surface area contributed by atoms with Crippen molar-refractivity contribution in [2.24, 2.45) is 0 Å². The fourth-order valence-corrected chi connectivity index (χ4v) is 8.65. The van der Waals surface area contributed by atoms with Gasteiger partial charge in [-0.3, -0.25) is 0 Å². The van der Waals surface area contributed by atoms with E-state index >= 15 is 0 Å². The van der Waals surface area contributed by atoms with E-state index < -0.39 is 10.9 Å². The Labute approximate surface area is 216 Å². The van der Waals surface area contributed by atoms with Crippen LogP contribution in [-0.2, 0) is 0 Å². The molecule has 35 heavy (non-hydrogen) atoms. The second-order valence-corrected chi connectivity index (χ2v) is 13.2. The second-order valence-electron chi connectivity index (χ2n) is 10.9. The van der Waals surface area contributed by atoms with Crippen LogP contribution in [0.1, 0.15) is 113 Å². The van der Waals surface area contributed by atoms with Crippen molar-refractivity contribution in [3.05, 3.63) is 90.0 Å². The van der Waals surface area contributed by atoms with E-state index in [2.05, 4.69) is 78.9 Å². The third kappa shape index (κ3) is 6.62. The van der Waals surface area contributed by atoms with Crippen LogP contribution in [0.5, 0.6) is 0 Å². The minimum absolute atomic E-state index is 0.525. The highest BCUT2D eigenvalue weighted by Gasteiger charge is 2.18. The molecule has 1 heteroatoms. The zero-order valence-corrected chi connectivity index (χ0v) is 22.4. The molecule has 2 aliphatic carbocycles. The second kappa shape index (κ2) is 12.8. The lowest BCUT2D eigenvalue weighted by atomic mass is 9.86. The Kier molecular flexibility index (Phi) is 9.04. The van der Waals surface area contributed by atoms with Crippen molar-refractivity contribution in [2.75, 3.05) is 0 Å². The Morgan fingerprint density at radius 2 is 0.714 bits per heavy atom. The van der Waals surface area contributed by atoms with Crippen LogP contribution < -0.4 is 0 Å². The molecule has 0 bridgehead atoms. The third-order valence-electron chi connectivity index (χ3n) is 8.47. The zero-order chi connectivity index (χ0) is 23.7. The van der Waals surface area contributed by atoms with Gasteiger partial charge in [0.05, 0.1) is 0 Å². The summed E-state index contributed by atoms with van der Waals surface area (Å²) in [6.07, 6.45) is 19.6. The van der Waals surface area contributed by atoms with Crippen molar-refractivity contribution < 1.29 is 0 Å². The number of benzene rings is 3. The minimum Gasteiger partial charge on any atom is -0.173 e. The fraction of sp³-hybridized carbons (Fsp3) is 0.471. The average Bonchev–Trinajstić information content (AvgIpc) is 2.86. The molecule has 3 aromatic carbocycles. The predicted molar refractivity (Wildman–Crippen MR) is 153 cm³/mol. The molecular formula is C34H44S. The van der Waals surface area contributed by atoms with Crippen LogP contribution >= 0.6 is 10.9 Å². The Morgan fingerprint density at radius 1 is 0.371 bits per heavy atom. The largest absolute Gasteiger partial charge is 0.173 e. The summed E-state index contributed by atoms with van der Waals surface area (Å²) < 4.78 is 0. The first kappa shape index (κ1) is 24.7. The average molecular weight is 485 g/mol. The van der Waals surface area contributed by atoms with Crippen molar-refractivity contribution in [1.82, 2.24) is 0 Å². The topological polar surface area (TPSA) is 0 Å². The number of hydrogen-bond donors (Lipinski definition) is 1. The molecule has 0 aromatic heterocycles. The van der Waals surface area contributed by atoms with Crippen molar-refractivity contribution >= 4 is 10.9 Å². The minimum atomic E-state index is -0.525. The fourth-order valence-electron chi connectivity index (χ4n) is 6.39. The summed E-state index contributed by atoms with van der Waals surface area (Å²) in [4.78, 5) is 4.43. The Bertz CT molecular complexity index is 923. The molecule has 0 N–H and O–H groups in total. The van der Waals surface area contributed by atoms with Gasteiger partial charge in [-0.15, -0.1) is 0 Å². The van der Waals surface area contributed by atoms with Crippen LogP contribution in [0, 0.1) is 0 Å². The Hall–Kier alpha value is -1.99. The molecule has 2 aliphatic rings. The zero-order valence-electron chi connectivity index (χ0n) is 21.5. The maximum absolute atomic E-state index is 2.46. The summed E-state index contributed by atoms with van der Waals surface area (Å²) in [5.41, 5.74) is 3.14. The molecule has 0 spiro atoms. The first-order valence-corrected chi connectivity index (χ1v) is 15.8. The maximum Gasteiger partial charge on any atom is -0.00450 e. The van der Waals surface area contributed by atoms with Crippen molar-refractivity contribution in [1.29, 1.82) is 0 Å². The van der Waals surface area contributed by atoms with Crippen LogP contribution in [0.4, 0.5) is 0 Å². The predicted octanol–water partition coefficient (Wildman–Crippen LogP) is 10.8. The molecule has 0 amide bonds.